The van der Waals surface area contributed by atoms with Crippen LogP contribution in [0.5, 0.6) is 5.75 Å². The molecule has 6 heteroatoms. The van der Waals surface area contributed by atoms with E-state index in [1.54, 1.807) is 18.9 Å². The van der Waals surface area contributed by atoms with Crippen molar-refractivity contribution in [3.05, 3.63) is 29.8 Å². The molecule has 5 nitrogen and oxygen atoms in total. The van der Waals surface area contributed by atoms with Crippen molar-refractivity contribution in [1.29, 1.82) is 0 Å². The average molecular weight is 323 g/mol. The van der Waals surface area contributed by atoms with E-state index in [9.17, 15) is 9.59 Å². The number of carbonyl (C=O) groups excluding carboxylic acids is 1. The fourth-order valence-corrected chi connectivity index (χ4v) is 3.55. The van der Waals surface area contributed by atoms with Crippen LogP contribution in [0.3, 0.4) is 0 Å². The number of likely N-dealkylation sites (tertiary alicyclic amines) is 1. The van der Waals surface area contributed by atoms with E-state index >= 15 is 0 Å². The summed E-state index contributed by atoms with van der Waals surface area (Å²) in [5, 5.41) is 9.10. The summed E-state index contributed by atoms with van der Waals surface area (Å²) in [4.78, 5) is 24.7. The van der Waals surface area contributed by atoms with Crippen molar-refractivity contribution < 1.29 is 19.4 Å². The maximum atomic E-state index is 12.1. The van der Waals surface area contributed by atoms with Gasteiger partial charge in [-0.15, -0.1) is 0 Å². The number of hydrogen-bond acceptors (Lipinski definition) is 4. The maximum Gasteiger partial charge on any atom is 0.326 e. The summed E-state index contributed by atoms with van der Waals surface area (Å²) in [6.45, 7) is 0.562. The third-order valence-corrected chi connectivity index (χ3v) is 4.78. The highest BCUT2D eigenvalue weighted by molar-refractivity contribution is 7.98. The van der Waals surface area contributed by atoms with Crippen molar-refractivity contribution >= 4 is 23.6 Å². The summed E-state index contributed by atoms with van der Waals surface area (Å²) in [6.07, 6.45) is 1.72. The topological polar surface area (TPSA) is 66.8 Å². The van der Waals surface area contributed by atoms with Gasteiger partial charge in [0.1, 0.15) is 11.8 Å². The fourth-order valence-electron chi connectivity index (χ4n) is 2.63. The van der Waals surface area contributed by atoms with Gasteiger partial charge in [-0.1, -0.05) is 18.2 Å². The first-order valence-corrected chi connectivity index (χ1v) is 8.51. The predicted octanol–water partition coefficient (Wildman–Crippen LogP) is 2.39. The largest absolute Gasteiger partial charge is 0.496 e. The first-order valence-electron chi connectivity index (χ1n) is 7.35. The molecule has 0 aromatic heterocycles. The van der Waals surface area contributed by atoms with E-state index in [0.717, 1.165) is 23.5 Å². The molecule has 0 spiro atoms. The maximum absolute atomic E-state index is 12.1. The van der Waals surface area contributed by atoms with Crippen molar-refractivity contribution in [3.63, 3.8) is 0 Å². The molecule has 0 saturated carbocycles. The van der Waals surface area contributed by atoms with Crippen LogP contribution in [0, 0.1) is 0 Å². The Balaban J connectivity index is 1.76. The Kier molecular flexibility index (Phi) is 6.12. The average Bonchev–Trinajstić information content (AvgIpc) is 3.01. The van der Waals surface area contributed by atoms with Crippen LogP contribution in [0.4, 0.5) is 0 Å². The third-order valence-electron chi connectivity index (χ3n) is 3.77. The monoisotopic (exact) mass is 323 g/mol. The highest BCUT2D eigenvalue weighted by atomic mass is 32.2. The molecule has 1 aromatic carbocycles. The molecular weight excluding hydrogens is 302 g/mol. The SMILES string of the molecule is COc1ccccc1CSCCC(=O)N1CCC[C@H]1C(=O)O. The minimum absolute atomic E-state index is 0.0579. The molecule has 1 aromatic rings. The van der Waals surface area contributed by atoms with Gasteiger partial charge in [-0.05, 0) is 18.9 Å². The number of thioether (sulfide) groups is 1. The Morgan fingerprint density at radius 3 is 2.91 bits per heavy atom. The van der Waals surface area contributed by atoms with E-state index in [0.29, 0.717) is 25.1 Å². The first-order chi connectivity index (χ1) is 10.6. The van der Waals surface area contributed by atoms with Crippen molar-refractivity contribution in [3.8, 4) is 5.75 Å². The van der Waals surface area contributed by atoms with E-state index < -0.39 is 12.0 Å². The Labute approximate surface area is 134 Å². The van der Waals surface area contributed by atoms with Crippen LogP contribution in [-0.2, 0) is 15.3 Å². The van der Waals surface area contributed by atoms with Crippen molar-refractivity contribution in [1.82, 2.24) is 4.90 Å². The molecule has 1 heterocycles. The molecule has 1 amide bonds. The fraction of sp³-hybridized carbons (Fsp3) is 0.500. The Morgan fingerprint density at radius 2 is 2.18 bits per heavy atom. The molecule has 0 radical (unpaired) electrons. The second-order valence-corrected chi connectivity index (χ2v) is 6.30. The number of ether oxygens (including phenoxy) is 1. The zero-order valence-electron chi connectivity index (χ0n) is 12.7. The number of amides is 1. The van der Waals surface area contributed by atoms with Crippen LogP contribution >= 0.6 is 11.8 Å². The van der Waals surface area contributed by atoms with Crippen LogP contribution in [0.1, 0.15) is 24.8 Å². The lowest BCUT2D eigenvalue weighted by Crippen LogP contribution is -2.40. The predicted molar refractivity (Wildman–Crippen MR) is 86.1 cm³/mol. The Hall–Kier alpha value is -1.69. The number of benzene rings is 1. The van der Waals surface area contributed by atoms with Gasteiger partial charge in [0.15, 0.2) is 0 Å². The van der Waals surface area contributed by atoms with Crippen molar-refractivity contribution in [2.45, 2.75) is 31.1 Å². The molecule has 1 atom stereocenters. The van der Waals surface area contributed by atoms with E-state index in [4.69, 9.17) is 9.84 Å². The zero-order valence-corrected chi connectivity index (χ0v) is 13.5. The highest BCUT2D eigenvalue weighted by Crippen LogP contribution is 2.24. The number of methoxy groups -OCH3 is 1. The number of aliphatic carboxylic acids is 1. The zero-order chi connectivity index (χ0) is 15.9. The number of rotatable bonds is 7. The normalized spacial score (nSPS) is 17.5. The van der Waals surface area contributed by atoms with Gasteiger partial charge < -0.3 is 14.7 Å². The Bertz CT molecular complexity index is 535. The Morgan fingerprint density at radius 1 is 1.41 bits per heavy atom. The molecule has 1 fully saturated rings. The summed E-state index contributed by atoms with van der Waals surface area (Å²) >= 11 is 1.66. The van der Waals surface area contributed by atoms with Gasteiger partial charge in [0, 0.05) is 30.0 Å². The minimum Gasteiger partial charge on any atom is -0.496 e. The number of carbonyl (C=O) groups is 2. The third kappa shape index (κ3) is 4.16. The lowest BCUT2D eigenvalue weighted by molar-refractivity contribution is -0.148. The molecule has 1 aliphatic rings. The first kappa shape index (κ1) is 16.7. The van der Waals surface area contributed by atoms with Crippen LogP contribution in [0.25, 0.3) is 0 Å². The van der Waals surface area contributed by atoms with Crippen LogP contribution in [0.2, 0.25) is 0 Å². The van der Waals surface area contributed by atoms with Gasteiger partial charge in [-0.3, -0.25) is 4.79 Å². The number of para-hydroxylation sites is 1. The van der Waals surface area contributed by atoms with Gasteiger partial charge in [0.2, 0.25) is 5.91 Å². The minimum atomic E-state index is -0.896. The van der Waals surface area contributed by atoms with E-state index in [1.807, 2.05) is 24.3 Å². The lowest BCUT2D eigenvalue weighted by Gasteiger charge is -2.21. The summed E-state index contributed by atoms with van der Waals surface area (Å²) in [6, 6.07) is 7.19. The highest BCUT2D eigenvalue weighted by Gasteiger charge is 2.33. The standard InChI is InChI=1S/C16H21NO4S/c1-21-14-7-3-2-5-12(14)11-22-10-8-15(18)17-9-4-6-13(17)16(19)20/h2-3,5,7,13H,4,6,8-11H2,1H3,(H,19,20)/t13-/m0/s1. The van der Waals surface area contributed by atoms with Gasteiger partial charge in [0.05, 0.1) is 7.11 Å². The lowest BCUT2D eigenvalue weighted by atomic mass is 10.2. The molecule has 22 heavy (non-hydrogen) atoms. The number of carboxylic acids is 1. The van der Waals surface area contributed by atoms with E-state index in [2.05, 4.69) is 0 Å². The van der Waals surface area contributed by atoms with E-state index in [1.165, 1.54) is 4.90 Å². The van der Waals surface area contributed by atoms with Gasteiger partial charge in [-0.2, -0.15) is 11.8 Å². The molecule has 2 rings (SSSR count). The molecule has 0 bridgehead atoms. The number of carboxylic acid groups (broad SMARTS) is 1. The van der Waals surface area contributed by atoms with Crippen molar-refractivity contribution in [2.75, 3.05) is 19.4 Å². The molecule has 120 valence electrons. The van der Waals surface area contributed by atoms with Crippen LogP contribution in [-0.4, -0.2) is 47.3 Å². The summed E-state index contributed by atoms with van der Waals surface area (Å²) in [5.74, 6) is 1.36. The number of nitrogens with zero attached hydrogens (tertiary/aromatic N) is 1. The second-order valence-electron chi connectivity index (χ2n) is 5.20. The number of hydrogen-bond donors (Lipinski definition) is 1. The van der Waals surface area contributed by atoms with Gasteiger partial charge in [-0.25, -0.2) is 4.79 Å². The molecule has 0 unspecified atom stereocenters. The van der Waals surface area contributed by atoms with Gasteiger partial charge in [0.25, 0.3) is 0 Å². The molecule has 1 saturated heterocycles. The van der Waals surface area contributed by atoms with Crippen LogP contribution < -0.4 is 4.74 Å². The summed E-state index contributed by atoms with van der Waals surface area (Å²) in [5.41, 5.74) is 1.10. The summed E-state index contributed by atoms with van der Waals surface area (Å²) < 4.78 is 5.29. The quantitative estimate of drug-likeness (QED) is 0.781. The van der Waals surface area contributed by atoms with Gasteiger partial charge >= 0.3 is 5.97 Å². The smallest absolute Gasteiger partial charge is 0.326 e. The molecular formula is C16H21NO4S. The molecule has 1 aliphatic heterocycles. The molecule has 1 N–H and O–H groups in total. The molecule has 0 aliphatic carbocycles. The van der Waals surface area contributed by atoms with Crippen molar-refractivity contribution in [2.24, 2.45) is 0 Å². The van der Waals surface area contributed by atoms with Crippen LogP contribution in [0.15, 0.2) is 24.3 Å². The second kappa shape index (κ2) is 8.08. The van der Waals surface area contributed by atoms with E-state index in [-0.39, 0.29) is 5.91 Å². The summed E-state index contributed by atoms with van der Waals surface area (Å²) in [7, 11) is 1.65.